The Morgan fingerprint density at radius 1 is 1.33 bits per heavy atom. The van der Waals surface area contributed by atoms with Crippen LogP contribution in [0.15, 0.2) is 0 Å². The summed E-state index contributed by atoms with van der Waals surface area (Å²) in [5.74, 6) is 0. The number of ether oxygens (including phenoxy) is 1. The van der Waals surface area contributed by atoms with Crippen LogP contribution in [0.4, 0.5) is 17.7 Å². The van der Waals surface area contributed by atoms with Gasteiger partial charge < -0.3 is 23.0 Å². The summed E-state index contributed by atoms with van der Waals surface area (Å²) in [6, 6.07) is 0. The Morgan fingerprint density at radius 2 is 1.80 bits per heavy atom. The molecule has 8 heteroatoms. The van der Waals surface area contributed by atoms with Crippen LogP contribution in [0.2, 0.25) is 6.32 Å². The van der Waals surface area contributed by atoms with Crippen molar-refractivity contribution in [1.29, 1.82) is 0 Å². The van der Waals surface area contributed by atoms with Gasteiger partial charge in [-0.1, -0.05) is 6.32 Å². The molecule has 0 saturated heterocycles. The van der Waals surface area contributed by atoms with Crippen molar-refractivity contribution >= 4 is 64.5 Å². The van der Waals surface area contributed by atoms with Crippen LogP contribution in [0, 0.1) is 0 Å². The maximum absolute atomic E-state index is 11.7. The third kappa shape index (κ3) is 14.8. The molecule has 0 unspecified atom stereocenters. The van der Waals surface area contributed by atoms with Gasteiger partial charge in [0, 0.05) is 0 Å². The van der Waals surface area contributed by atoms with Crippen LogP contribution in [0.3, 0.4) is 0 Å². The molecular weight excluding hydrogens is 237 g/mol. The molecule has 0 rings (SSSR count). The van der Waals surface area contributed by atoms with Gasteiger partial charge in [-0.2, -0.15) is 0 Å². The van der Waals surface area contributed by atoms with E-state index in [0.29, 0.717) is 0 Å². The Bertz CT molecular complexity index is 205. The topological polar surface area (TPSA) is 38.3 Å². The van der Waals surface area contributed by atoms with Gasteiger partial charge in [-0.3, -0.25) is 0 Å². The Morgan fingerprint density at radius 3 is 2.13 bits per heavy atom. The summed E-state index contributed by atoms with van der Waals surface area (Å²) in [7, 11) is 0. The van der Waals surface area contributed by atoms with Gasteiger partial charge in [-0.25, -0.2) is 4.79 Å². The van der Waals surface area contributed by atoms with Crippen molar-refractivity contribution in [3.05, 3.63) is 0 Å². The number of carbonyl (C=O) groups excluding carboxylic acids is 1. The zero-order valence-electron chi connectivity index (χ0n) is 8.44. The molecule has 0 aromatic heterocycles. The minimum atomic E-state index is -4.84. The van der Waals surface area contributed by atoms with Gasteiger partial charge in [0.15, 0.2) is 0 Å². The molecule has 0 atom stereocenters. The predicted octanol–water partition coefficient (Wildman–Crippen LogP) is 1.71. The fraction of sp³-hybridized carbons (Fsp3) is 0.857. The summed E-state index contributed by atoms with van der Waals surface area (Å²) in [4.78, 5) is 10.9. The average molecular weight is 252 g/mol. The van der Waals surface area contributed by atoms with E-state index in [1.54, 1.807) is 20.8 Å². The summed E-state index contributed by atoms with van der Waals surface area (Å²) in [6.07, 6.45) is -1.81. The molecule has 0 radical (unpaired) electrons. The molecule has 15 heavy (non-hydrogen) atoms. The van der Waals surface area contributed by atoms with E-state index in [4.69, 9.17) is 4.74 Å². The second-order valence-corrected chi connectivity index (χ2v) is 3.93. The van der Waals surface area contributed by atoms with Crippen molar-refractivity contribution in [1.82, 2.24) is 5.32 Å². The van der Waals surface area contributed by atoms with Gasteiger partial charge in [0.05, 0.1) is 0 Å². The van der Waals surface area contributed by atoms with Crippen molar-refractivity contribution in [2.24, 2.45) is 0 Å². The van der Waals surface area contributed by atoms with E-state index in [9.17, 15) is 17.7 Å². The first-order chi connectivity index (χ1) is 6.10. The molecule has 86 valence electrons. The molecule has 0 spiro atoms. The van der Waals surface area contributed by atoms with E-state index in [1.807, 2.05) is 5.32 Å². The number of rotatable bonds is 3. The van der Waals surface area contributed by atoms with Gasteiger partial charge in [0.1, 0.15) is 5.60 Å². The van der Waals surface area contributed by atoms with E-state index in [1.165, 1.54) is 0 Å². The van der Waals surface area contributed by atoms with Crippen molar-refractivity contribution in [2.75, 3.05) is 6.54 Å². The van der Waals surface area contributed by atoms with Crippen LogP contribution >= 0.6 is 0 Å². The monoisotopic (exact) mass is 252 g/mol. The standard InChI is InChI=1S/C7H14BF3NO2.K.H/c1-7(2,3)14-6(13)12-5-4-8(9,10)11;;/h4-5H2,1-3H3,(H,12,13);;/q-1;;. The molecule has 1 amide bonds. The van der Waals surface area contributed by atoms with Gasteiger partial charge in [0.25, 0.3) is 0 Å². The average Bonchev–Trinajstić information content (AvgIpc) is 1.78. The summed E-state index contributed by atoms with van der Waals surface area (Å²) < 4.78 is 39.9. The third-order valence-corrected chi connectivity index (χ3v) is 1.14. The number of hydrogen-bond acceptors (Lipinski definition) is 2. The first kappa shape index (κ1) is 18.1. The van der Waals surface area contributed by atoms with Crippen LogP contribution in [0.5, 0.6) is 0 Å². The molecule has 3 nitrogen and oxygen atoms in total. The number of amides is 1. The van der Waals surface area contributed by atoms with Gasteiger partial charge in [0.2, 0.25) is 0 Å². The normalized spacial score (nSPS) is 11.6. The van der Waals surface area contributed by atoms with Crippen molar-refractivity contribution in [3.8, 4) is 0 Å². The summed E-state index contributed by atoms with van der Waals surface area (Å²) in [5, 5.41) is 2.03. The fourth-order valence-corrected chi connectivity index (χ4v) is 0.652. The van der Waals surface area contributed by atoms with Crippen LogP contribution in [-0.4, -0.2) is 76.6 Å². The predicted molar refractivity (Wildman–Crippen MR) is 55.3 cm³/mol. The van der Waals surface area contributed by atoms with Gasteiger partial charge in [-0.05, 0) is 27.3 Å². The summed E-state index contributed by atoms with van der Waals surface area (Å²) in [6.45, 7) is -0.354. The van der Waals surface area contributed by atoms with Crippen LogP contribution in [0.25, 0.3) is 0 Å². The van der Waals surface area contributed by atoms with Crippen molar-refractivity contribution in [2.45, 2.75) is 32.7 Å². The second-order valence-electron chi connectivity index (χ2n) is 3.93. The Balaban J connectivity index is 0. The van der Waals surface area contributed by atoms with E-state index in [-0.39, 0.29) is 51.4 Å². The van der Waals surface area contributed by atoms with Crippen LogP contribution in [-0.2, 0) is 4.74 Å². The number of halogens is 3. The Kier molecular flexibility index (Phi) is 8.65. The Labute approximate surface area is 130 Å². The summed E-state index contributed by atoms with van der Waals surface area (Å²) >= 11 is 0. The van der Waals surface area contributed by atoms with Crippen molar-refractivity contribution < 1.29 is 22.5 Å². The van der Waals surface area contributed by atoms with E-state index >= 15 is 0 Å². The quantitative estimate of drug-likeness (QED) is 0.776. The van der Waals surface area contributed by atoms with Crippen LogP contribution in [0.1, 0.15) is 20.8 Å². The Hall–Kier alpha value is 0.761. The molecule has 0 aromatic carbocycles. The van der Waals surface area contributed by atoms with Crippen LogP contribution < -0.4 is 5.32 Å². The minimum absolute atomic E-state index is 0. The third-order valence-electron chi connectivity index (χ3n) is 1.14. The molecule has 0 aliphatic heterocycles. The molecule has 0 heterocycles. The fourth-order valence-electron chi connectivity index (χ4n) is 0.652. The number of hydrogen-bond donors (Lipinski definition) is 1. The molecule has 0 fully saturated rings. The number of carbonyl (C=O) groups is 1. The molecular formula is C7H15BF3KNO2-. The maximum atomic E-state index is 11.7. The molecule has 0 bridgehead atoms. The van der Waals surface area contributed by atoms with E-state index < -0.39 is 31.5 Å². The zero-order valence-corrected chi connectivity index (χ0v) is 8.44. The van der Waals surface area contributed by atoms with Gasteiger partial charge in [-0.15, -0.1) is 0 Å². The van der Waals surface area contributed by atoms with E-state index in [2.05, 4.69) is 0 Å². The SMILES string of the molecule is CC(C)(C)OC(=O)NCC[B-](F)(F)F.[KH]. The second kappa shape index (κ2) is 7.16. The zero-order chi connectivity index (χ0) is 11.4. The molecule has 0 aromatic rings. The van der Waals surface area contributed by atoms with Crippen molar-refractivity contribution in [3.63, 3.8) is 0 Å². The molecule has 0 aliphatic rings. The molecule has 1 N–H and O–H groups in total. The first-order valence-corrected chi connectivity index (χ1v) is 4.28. The first-order valence-electron chi connectivity index (χ1n) is 4.28. The number of nitrogens with one attached hydrogen (secondary N) is 1. The van der Waals surface area contributed by atoms with Gasteiger partial charge >= 0.3 is 64.5 Å². The molecule has 0 aliphatic carbocycles. The van der Waals surface area contributed by atoms with E-state index in [0.717, 1.165) is 0 Å². The number of alkyl carbamates (subject to hydrolysis) is 1. The molecule has 0 saturated carbocycles. The summed E-state index contributed by atoms with van der Waals surface area (Å²) in [5.41, 5.74) is -0.687.